The van der Waals surface area contributed by atoms with E-state index in [0.29, 0.717) is 0 Å². The van der Waals surface area contributed by atoms with Gasteiger partial charge in [0.1, 0.15) is 12.2 Å². The predicted molar refractivity (Wildman–Crippen MR) is 86.3 cm³/mol. The second-order valence-corrected chi connectivity index (χ2v) is 7.69. The summed E-state index contributed by atoms with van der Waals surface area (Å²) in [6.45, 7) is 2.18. The summed E-state index contributed by atoms with van der Waals surface area (Å²) in [5.74, 6) is 1.69. The van der Waals surface area contributed by atoms with Gasteiger partial charge in [0.15, 0.2) is 0 Å². The maximum Gasteiger partial charge on any atom is 0.110 e. The van der Waals surface area contributed by atoms with Gasteiger partial charge in [0.2, 0.25) is 0 Å². The Hall–Kier alpha value is -1.60. The van der Waals surface area contributed by atoms with Crippen LogP contribution in [0.15, 0.2) is 30.3 Å². The average molecular weight is 288 g/mol. The second kappa shape index (κ2) is 3.83. The highest BCUT2D eigenvalue weighted by molar-refractivity contribution is 5.58. The fraction of sp³-hybridized carbons (Fsp3) is 0.429. The molecule has 1 nitrogen and oxygen atoms in total. The third kappa shape index (κ3) is 1.48. The van der Waals surface area contributed by atoms with Gasteiger partial charge in [0, 0.05) is 0 Å². The molecule has 6 rings (SSSR count). The summed E-state index contributed by atoms with van der Waals surface area (Å²) < 4.78 is 6.38. The van der Waals surface area contributed by atoms with E-state index in [4.69, 9.17) is 4.74 Å². The first-order valence-electron chi connectivity index (χ1n) is 8.73. The molecule has 1 heteroatoms. The fourth-order valence-corrected chi connectivity index (χ4v) is 4.54. The molecule has 0 aromatic heterocycles. The summed E-state index contributed by atoms with van der Waals surface area (Å²) >= 11 is 0. The Morgan fingerprint density at radius 1 is 0.682 bits per heavy atom. The molecule has 2 heterocycles. The highest BCUT2D eigenvalue weighted by Gasteiger charge is 2.44. The molecule has 110 valence electrons. The maximum absolute atomic E-state index is 6.38. The molecule has 2 bridgehead atoms. The van der Waals surface area contributed by atoms with Crippen molar-refractivity contribution in [1.29, 1.82) is 0 Å². The molecule has 0 radical (unpaired) electrons. The van der Waals surface area contributed by atoms with Crippen LogP contribution >= 0.6 is 0 Å². The maximum atomic E-state index is 6.38. The number of fused-ring (bicyclic) bond motifs is 8. The number of hydrogen-bond donors (Lipinski definition) is 0. The molecule has 2 aliphatic heterocycles. The third-order valence-electron chi connectivity index (χ3n) is 5.97. The van der Waals surface area contributed by atoms with E-state index in [1.54, 1.807) is 11.1 Å². The largest absolute Gasteiger partial charge is 0.356 e. The zero-order valence-corrected chi connectivity index (χ0v) is 12.9. The summed E-state index contributed by atoms with van der Waals surface area (Å²) in [6, 6.07) is 11.9. The van der Waals surface area contributed by atoms with E-state index in [9.17, 15) is 0 Å². The first kappa shape index (κ1) is 11.9. The van der Waals surface area contributed by atoms with E-state index in [1.165, 1.54) is 53.5 Å². The van der Waals surface area contributed by atoms with E-state index in [1.807, 2.05) is 0 Å². The Balaban J connectivity index is 1.55. The molecule has 2 unspecified atom stereocenters. The number of aryl methyl sites for hydroxylation is 1. The van der Waals surface area contributed by atoms with Crippen molar-refractivity contribution in [2.24, 2.45) is 0 Å². The molecule has 2 aliphatic carbocycles. The lowest BCUT2D eigenvalue weighted by atomic mass is 9.82. The van der Waals surface area contributed by atoms with Crippen molar-refractivity contribution in [2.75, 3.05) is 0 Å². The average Bonchev–Trinajstić information content (AvgIpc) is 3.44. The van der Waals surface area contributed by atoms with Crippen molar-refractivity contribution in [3.8, 4) is 0 Å². The SMILES string of the molecule is Cc1ccc2c(c1)C1OC2c2cc(C3CC3)c(C3CC3)cc21. The van der Waals surface area contributed by atoms with Crippen LogP contribution in [0, 0.1) is 6.92 Å². The van der Waals surface area contributed by atoms with Gasteiger partial charge in [-0.15, -0.1) is 0 Å². The Morgan fingerprint density at radius 3 is 1.82 bits per heavy atom. The van der Waals surface area contributed by atoms with Crippen molar-refractivity contribution >= 4 is 0 Å². The van der Waals surface area contributed by atoms with Gasteiger partial charge in [-0.2, -0.15) is 0 Å². The topological polar surface area (TPSA) is 9.23 Å². The third-order valence-corrected chi connectivity index (χ3v) is 5.97. The molecule has 4 aliphatic rings. The fourth-order valence-electron chi connectivity index (χ4n) is 4.54. The highest BCUT2D eigenvalue weighted by Crippen LogP contribution is 2.58. The molecule has 2 fully saturated rings. The summed E-state index contributed by atoms with van der Waals surface area (Å²) in [5.41, 5.74) is 10.4. The minimum Gasteiger partial charge on any atom is -0.356 e. The summed E-state index contributed by atoms with van der Waals surface area (Å²) in [7, 11) is 0. The first-order chi connectivity index (χ1) is 10.8. The van der Waals surface area contributed by atoms with E-state index in [0.717, 1.165) is 11.8 Å². The minimum atomic E-state index is 0.195. The van der Waals surface area contributed by atoms with Gasteiger partial charge in [-0.25, -0.2) is 0 Å². The zero-order chi connectivity index (χ0) is 14.4. The number of rotatable bonds is 2. The van der Waals surface area contributed by atoms with Gasteiger partial charge >= 0.3 is 0 Å². The van der Waals surface area contributed by atoms with Gasteiger partial charge in [-0.05, 0) is 77.8 Å². The molecule has 0 spiro atoms. The van der Waals surface area contributed by atoms with Crippen LogP contribution in [0.4, 0.5) is 0 Å². The number of hydrogen-bond acceptors (Lipinski definition) is 1. The van der Waals surface area contributed by atoms with Crippen LogP contribution < -0.4 is 0 Å². The van der Waals surface area contributed by atoms with E-state index in [-0.39, 0.29) is 12.2 Å². The Bertz CT molecular complexity index is 811. The van der Waals surface area contributed by atoms with E-state index >= 15 is 0 Å². The van der Waals surface area contributed by atoms with E-state index in [2.05, 4.69) is 37.3 Å². The van der Waals surface area contributed by atoms with Crippen LogP contribution in [0.1, 0.15) is 88.7 Å². The Morgan fingerprint density at radius 2 is 1.23 bits per heavy atom. The molecule has 0 N–H and O–H groups in total. The number of ether oxygens (including phenoxy) is 1. The van der Waals surface area contributed by atoms with Gasteiger partial charge in [0.05, 0.1) is 0 Å². The lowest BCUT2D eigenvalue weighted by molar-refractivity contribution is 0.0857. The standard InChI is InChI=1S/C21H20O/c1-11-2-7-14-17(8-11)21-19-10-16(13-5-6-13)15(12-3-4-12)9-18(19)20(14)22-21/h2,7-10,12-13,20-21H,3-6H2,1H3. The van der Waals surface area contributed by atoms with Crippen LogP contribution in [0.5, 0.6) is 0 Å². The molecule has 22 heavy (non-hydrogen) atoms. The molecule has 2 saturated carbocycles. The predicted octanol–water partition coefficient (Wildman–Crippen LogP) is 5.27. The molecule has 0 amide bonds. The molecule has 2 atom stereocenters. The molecule has 0 saturated heterocycles. The van der Waals surface area contributed by atoms with Gasteiger partial charge in [-0.1, -0.05) is 35.9 Å². The van der Waals surface area contributed by atoms with Crippen molar-refractivity contribution < 1.29 is 4.74 Å². The van der Waals surface area contributed by atoms with Crippen molar-refractivity contribution in [1.82, 2.24) is 0 Å². The van der Waals surface area contributed by atoms with Crippen LogP contribution in [-0.2, 0) is 4.74 Å². The van der Waals surface area contributed by atoms with Crippen LogP contribution in [0.3, 0.4) is 0 Å². The highest BCUT2D eigenvalue weighted by atomic mass is 16.5. The normalized spacial score (nSPS) is 27.9. The Labute approximate surface area is 131 Å². The van der Waals surface area contributed by atoms with Crippen LogP contribution in [-0.4, -0.2) is 0 Å². The van der Waals surface area contributed by atoms with Crippen molar-refractivity contribution in [3.05, 3.63) is 69.3 Å². The summed E-state index contributed by atoms with van der Waals surface area (Å²) in [5, 5.41) is 0. The van der Waals surface area contributed by atoms with Gasteiger partial charge in [0.25, 0.3) is 0 Å². The summed E-state index contributed by atoms with van der Waals surface area (Å²) in [6.07, 6.45) is 5.96. The quantitative estimate of drug-likeness (QED) is 0.731. The lowest BCUT2D eigenvalue weighted by Gasteiger charge is -2.20. The van der Waals surface area contributed by atoms with E-state index < -0.39 is 0 Å². The van der Waals surface area contributed by atoms with Crippen LogP contribution in [0.2, 0.25) is 0 Å². The Kier molecular flexibility index (Phi) is 2.07. The molecule has 2 aromatic carbocycles. The zero-order valence-electron chi connectivity index (χ0n) is 12.9. The second-order valence-electron chi connectivity index (χ2n) is 7.69. The number of benzene rings is 2. The summed E-state index contributed by atoms with van der Waals surface area (Å²) in [4.78, 5) is 0. The lowest BCUT2D eigenvalue weighted by Crippen LogP contribution is -2.06. The van der Waals surface area contributed by atoms with Crippen molar-refractivity contribution in [2.45, 2.75) is 56.7 Å². The molecular formula is C21H20O. The first-order valence-corrected chi connectivity index (χ1v) is 8.73. The molecular weight excluding hydrogens is 268 g/mol. The minimum absolute atomic E-state index is 0.195. The monoisotopic (exact) mass is 288 g/mol. The van der Waals surface area contributed by atoms with Gasteiger partial charge in [-0.3, -0.25) is 0 Å². The molecule has 2 aromatic rings. The smallest absolute Gasteiger partial charge is 0.110 e. The van der Waals surface area contributed by atoms with Gasteiger partial charge < -0.3 is 4.74 Å². The van der Waals surface area contributed by atoms with Crippen LogP contribution in [0.25, 0.3) is 0 Å². The van der Waals surface area contributed by atoms with Crippen molar-refractivity contribution in [3.63, 3.8) is 0 Å².